The number of hydrogen-bond donors (Lipinski definition) is 1. The standard InChI is InChI=1S/C24H20Cl2N4OS/c1-15-8-10-19(12-16(15)2)30-23(17-6-4-3-5-7-17)28-29-24(30)32-14-22(31)27-21-11-9-18(25)13-20(21)26/h3-13H,14H2,1-2H3,(H,27,31). The molecule has 0 saturated heterocycles. The highest BCUT2D eigenvalue weighted by atomic mass is 35.5. The first-order valence-electron chi connectivity index (χ1n) is 9.88. The van der Waals surface area contributed by atoms with E-state index in [2.05, 4.69) is 41.5 Å². The van der Waals surface area contributed by atoms with E-state index in [0.29, 0.717) is 20.9 Å². The van der Waals surface area contributed by atoms with Crippen LogP contribution >= 0.6 is 35.0 Å². The number of carbonyl (C=O) groups excluding carboxylic acids is 1. The Bertz CT molecular complexity index is 1270. The topological polar surface area (TPSA) is 59.8 Å². The third kappa shape index (κ3) is 4.99. The van der Waals surface area contributed by atoms with Crippen molar-refractivity contribution in [3.63, 3.8) is 0 Å². The molecule has 0 unspecified atom stereocenters. The molecule has 3 aromatic carbocycles. The normalized spacial score (nSPS) is 10.9. The van der Waals surface area contributed by atoms with Gasteiger partial charge in [-0.15, -0.1) is 10.2 Å². The third-order valence-electron chi connectivity index (χ3n) is 4.95. The first kappa shape index (κ1) is 22.4. The lowest BCUT2D eigenvalue weighted by molar-refractivity contribution is -0.113. The number of carbonyl (C=O) groups is 1. The lowest BCUT2D eigenvalue weighted by atomic mass is 10.1. The van der Waals surface area contributed by atoms with Crippen molar-refractivity contribution in [1.29, 1.82) is 0 Å². The predicted molar refractivity (Wildman–Crippen MR) is 132 cm³/mol. The number of thioether (sulfide) groups is 1. The Balaban J connectivity index is 1.61. The molecule has 0 aliphatic carbocycles. The van der Waals surface area contributed by atoms with Gasteiger partial charge in [0.05, 0.1) is 22.2 Å². The van der Waals surface area contributed by atoms with Gasteiger partial charge in [-0.05, 0) is 55.3 Å². The molecule has 1 amide bonds. The maximum absolute atomic E-state index is 12.6. The van der Waals surface area contributed by atoms with Gasteiger partial charge in [0.25, 0.3) is 0 Å². The Morgan fingerprint density at radius 1 is 0.969 bits per heavy atom. The second kappa shape index (κ2) is 9.77. The van der Waals surface area contributed by atoms with Crippen LogP contribution < -0.4 is 5.32 Å². The number of nitrogens with one attached hydrogen (secondary N) is 1. The van der Waals surface area contributed by atoms with Gasteiger partial charge in [0.15, 0.2) is 11.0 Å². The number of halogens is 2. The van der Waals surface area contributed by atoms with E-state index in [0.717, 1.165) is 17.1 Å². The van der Waals surface area contributed by atoms with Crippen molar-refractivity contribution >= 4 is 46.6 Å². The fourth-order valence-corrected chi connectivity index (χ4v) is 4.35. The van der Waals surface area contributed by atoms with Gasteiger partial charge in [-0.25, -0.2) is 0 Å². The van der Waals surface area contributed by atoms with Crippen molar-refractivity contribution in [2.75, 3.05) is 11.1 Å². The highest BCUT2D eigenvalue weighted by Gasteiger charge is 2.18. The minimum absolute atomic E-state index is 0.150. The molecule has 0 aliphatic rings. The maximum Gasteiger partial charge on any atom is 0.234 e. The van der Waals surface area contributed by atoms with Crippen LogP contribution in [0.5, 0.6) is 0 Å². The Labute approximate surface area is 200 Å². The van der Waals surface area contributed by atoms with Gasteiger partial charge < -0.3 is 5.32 Å². The van der Waals surface area contributed by atoms with Gasteiger partial charge >= 0.3 is 0 Å². The van der Waals surface area contributed by atoms with Crippen LogP contribution in [0.1, 0.15) is 11.1 Å². The second-order valence-corrected chi connectivity index (χ2v) is 9.02. The zero-order valence-electron chi connectivity index (χ0n) is 17.5. The average molecular weight is 483 g/mol. The summed E-state index contributed by atoms with van der Waals surface area (Å²) in [5.41, 5.74) is 4.78. The molecule has 32 heavy (non-hydrogen) atoms. The van der Waals surface area contributed by atoms with Crippen molar-refractivity contribution in [2.24, 2.45) is 0 Å². The zero-order chi connectivity index (χ0) is 22.7. The highest BCUT2D eigenvalue weighted by molar-refractivity contribution is 7.99. The van der Waals surface area contributed by atoms with E-state index in [1.54, 1.807) is 18.2 Å². The fraction of sp³-hybridized carbons (Fsp3) is 0.125. The van der Waals surface area contributed by atoms with Gasteiger partial charge in [0.2, 0.25) is 5.91 Å². The SMILES string of the molecule is Cc1ccc(-n2c(SCC(=O)Nc3ccc(Cl)cc3Cl)nnc2-c2ccccc2)cc1C. The van der Waals surface area contributed by atoms with E-state index in [-0.39, 0.29) is 11.7 Å². The molecule has 1 N–H and O–H groups in total. The molecule has 0 atom stereocenters. The summed E-state index contributed by atoms with van der Waals surface area (Å²) in [7, 11) is 0. The van der Waals surface area contributed by atoms with Gasteiger partial charge in [-0.2, -0.15) is 0 Å². The summed E-state index contributed by atoms with van der Waals surface area (Å²) < 4.78 is 1.98. The summed E-state index contributed by atoms with van der Waals surface area (Å²) in [6.45, 7) is 4.15. The predicted octanol–water partition coefficient (Wildman–Crippen LogP) is 6.59. The Morgan fingerprint density at radius 3 is 2.47 bits per heavy atom. The first-order chi connectivity index (χ1) is 15.4. The maximum atomic E-state index is 12.6. The van der Waals surface area contributed by atoms with E-state index in [4.69, 9.17) is 23.2 Å². The van der Waals surface area contributed by atoms with Crippen LogP contribution in [-0.2, 0) is 4.79 Å². The van der Waals surface area contributed by atoms with Gasteiger partial charge in [-0.3, -0.25) is 9.36 Å². The lowest BCUT2D eigenvalue weighted by Crippen LogP contribution is -2.15. The Kier molecular flexibility index (Phi) is 6.84. The van der Waals surface area contributed by atoms with Crippen molar-refractivity contribution in [3.05, 3.63) is 87.9 Å². The van der Waals surface area contributed by atoms with Crippen LogP contribution in [0, 0.1) is 13.8 Å². The lowest BCUT2D eigenvalue weighted by Gasteiger charge is -2.12. The fourth-order valence-electron chi connectivity index (χ4n) is 3.14. The molecule has 1 heterocycles. The number of amides is 1. The smallest absolute Gasteiger partial charge is 0.234 e. The van der Waals surface area contributed by atoms with Crippen LogP contribution in [0.3, 0.4) is 0 Å². The van der Waals surface area contributed by atoms with Crippen LogP contribution in [0.4, 0.5) is 5.69 Å². The number of rotatable bonds is 6. The first-order valence-corrected chi connectivity index (χ1v) is 11.6. The van der Waals surface area contributed by atoms with Gasteiger partial charge in [0.1, 0.15) is 0 Å². The molecule has 0 radical (unpaired) electrons. The molecule has 0 fully saturated rings. The van der Waals surface area contributed by atoms with E-state index in [1.165, 1.54) is 22.9 Å². The summed E-state index contributed by atoms with van der Waals surface area (Å²) >= 11 is 13.4. The summed E-state index contributed by atoms with van der Waals surface area (Å²) in [5, 5.41) is 13.2. The summed E-state index contributed by atoms with van der Waals surface area (Å²) in [5.74, 6) is 0.670. The van der Waals surface area contributed by atoms with Crippen LogP contribution in [0.15, 0.2) is 71.9 Å². The molecular formula is C24H20Cl2N4OS. The van der Waals surface area contributed by atoms with Crippen LogP contribution in [0.25, 0.3) is 17.1 Å². The third-order valence-corrected chi connectivity index (χ3v) is 6.43. The molecule has 4 rings (SSSR count). The summed E-state index contributed by atoms with van der Waals surface area (Å²) in [6, 6.07) is 21.0. The highest BCUT2D eigenvalue weighted by Crippen LogP contribution is 2.30. The van der Waals surface area contributed by atoms with E-state index in [1.807, 2.05) is 41.0 Å². The minimum atomic E-state index is -0.199. The van der Waals surface area contributed by atoms with Crippen LogP contribution in [-0.4, -0.2) is 26.4 Å². The van der Waals surface area contributed by atoms with E-state index < -0.39 is 0 Å². The Morgan fingerprint density at radius 2 is 1.75 bits per heavy atom. The monoisotopic (exact) mass is 482 g/mol. The summed E-state index contributed by atoms with van der Waals surface area (Å²) in [6.07, 6.45) is 0. The number of hydrogen-bond acceptors (Lipinski definition) is 4. The summed E-state index contributed by atoms with van der Waals surface area (Å²) in [4.78, 5) is 12.6. The quantitative estimate of drug-likeness (QED) is 0.315. The van der Waals surface area contributed by atoms with Crippen molar-refractivity contribution in [3.8, 4) is 17.1 Å². The van der Waals surface area contributed by atoms with Gasteiger partial charge in [0, 0.05) is 10.6 Å². The Hall–Kier alpha value is -2.80. The number of anilines is 1. The van der Waals surface area contributed by atoms with Crippen LogP contribution in [0.2, 0.25) is 10.0 Å². The molecule has 0 spiro atoms. The van der Waals surface area contributed by atoms with Crippen molar-refractivity contribution in [2.45, 2.75) is 19.0 Å². The van der Waals surface area contributed by atoms with Crippen molar-refractivity contribution in [1.82, 2.24) is 14.8 Å². The number of aryl methyl sites for hydroxylation is 2. The molecule has 0 saturated carbocycles. The number of benzene rings is 3. The molecule has 0 bridgehead atoms. The molecule has 162 valence electrons. The zero-order valence-corrected chi connectivity index (χ0v) is 19.8. The van der Waals surface area contributed by atoms with Crippen molar-refractivity contribution < 1.29 is 4.79 Å². The molecule has 4 aromatic rings. The van der Waals surface area contributed by atoms with Gasteiger partial charge in [-0.1, -0.05) is 71.4 Å². The van der Waals surface area contributed by atoms with E-state index >= 15 is 0 Å². The molecule has 8 heteroatoms. The van der Waals surface area contributed by atoms with E-state index in [9.17, 15) is 4.79 Å². The molecule has 0 aliphatic heterocycles. The minimum Gasteiger partial charge on any atom is -0.324 e. The molecule has 5 nitrogen and oxygen atoms in total. The molecule has 1 aromatic heterocycles. The largest absolute Gasteiger partial charge is 0.324 e. The number of aromatic nitrogens is 3. The average Bonchev–Trinajstić information content (AvgIpc) is 3.21. The second-order valence-electron chi connectivity index (χ2n) is 7.24. The number of nitrogens with zero attached hydrogens (tertiary/aromatic N) is 3. The molecular weight excluding hydrogens is 463 g/mol.